The quantitative estimate of drug-likeness (QED) is 0.180. The van der Waals surface area contributed by atoms with E-state index in [4.69, 9.17) is 4.74 Å². The lowest BCUT2D eigenvalue weighted by molar-refractivity contribution is 0.101. The number of hydrogen-bond donors (Lipinski definition) is 3. The molecule has 1 aromatic heterocycles. The zero-order valence-corrected chi connectivity index (χ0v) is 22.1. The zero-order valence-electron chi connectivity index (χ0n) is 22.1. The van der Waals surface area contributed by atoms with E-state index in [9.17, 15) is 14.7 Å². The third kappa shape index (κ3) is 6.63. The van der Waals surface area contributed by atoms with Gasteiger partial charge in [0.2, 0.25) is 0 Å². The van der Waals surface area contributed by atoms with Crippen LogP contribution in [0.15, 0.2) is 119 Å². The molecule has 0 aliphatic heterocycles. The Hall–Kier alpha value is -5.77. The first kappa shape index (κ1) is 26.8. The summed E-state index contributed by atoms with van der Waals surface area (Å²) < 4.78 is 6.82. The topological polar surface area (TPSA) is 130 Å². The van der Waals surface area contributed by atoms with Gasteiger partial charge in [-0.15, -0.1) is 5.11 Å². The summed E-state index contributed by atoms with van der Waals surface area (Å²) in [4.78, 5) is 26.4. The second-order valence-electron chi connectivity index (χ2n) is 8.91. The molecule has 0 saturated carbocycles. The van der Waals surface area contributed by atoms with Crippen molar-refractivity contribution in [3.05, 3.63) is 126 Å². The first-order valence-corrected chi connectivity index (χ1v) is 12.7. The first-order valence-electron chi connectivity index (χ1n) is 12.7. The smallest absolute Gasteiger partial charge is 0.256 e. The maximum absolute atomic E-state index is 13.3. The van der Waals surface area contributed by atoms with Crippen LogP contribution in [0.4, 0.5) is 23.0 Å². The van der Waals surface area contributed by atoms with Crippen LogP contribution < -0.4 is 15.4 Å². The lowest BCUT2D eigenvalue weighted by Crippen LogP contribution is -2.16. The number of ether oxygens (including phenoxy) is 1. The molecule has 2 amide bonds. The van der Waals surface area contributed by atoms with Crippen molar-refractivity contribution in [1.29, 1.82) is 0 Å². The summed E-state index contributed by atoms with van der Waals surface area (Å²) in [6.45, 7) is 0.247. The zero-order chi connectivity index (χ0) is 28.6. The van der Waals surface area contributed by atoms with Crippen LogP contribution in [0.25, 0.3) is 0 Å². The summed E-state index contributed by atoms with van der Waals surface area (Å²) in [7, 11) is 1.59. The molecule has 10 nitrogen and oxygen atoms in total. The minimum absolute atomic E-state index is 0.0860. The predicted molar refractivity (Wildman–Crippen MR) is 155 cm³/mol. The standard InChI is InChI=1S/C31H26N6O4/c1-41-26-18-12-21(13-19-26)20-37-29(33-31(40)23-10-6-3-7-11-23)27(35-34-24-14-16-25(38)17-15-24)28(36-37)32-30(39)22-8-4-2-5-9-22/h2-19,38H,20H2,1H3,(H,33,40)(H,32,36,39). The second kappa shape index (κ2) is 12.4. The number of methoxy groups -OCH3 is 1. The Morgan fingerprint density at radius 1 is 0.780 bits per heavy atom. The fourth-order valence-corrected chi connectivity index (χ4v) is 3.94. The van der Waals surface area contributed by atoms with E-state index in [1.54, 1.807) is 72.5 Å². The number of benzene rings is 4. The van der Waals surface area contributed by atoms with Crippen LogP contribution in [0.2, 0.25) is 0 Å². The van der Waals surface area contributed by atoms with E-state index in [1.807, 2.05) is 36.4 Å². The van der Waals surface area contributed by atoms with Crippen molar-refractivity contribution in [3.8, 4) is 11.5 Å². The van der Waals surface area contributed by atoms with Crippen molar-refractivity contribution in [2.75, 3.05) is 17.7 Å². The molecule has 204 valence electrons. The van der Waals surface area contributed by atoms with Gasteiger partial charge in [-0.05, 0) is 66.2 Å². The molecule has 0 fully saturated rings. The number of nitrogens with one attached hydrogen (secondary N) is 2. The average Bonchev–Trinajstić information content (AvgIpc) is 3.32. The predicted octanol–water partition coefficient (Wildman–Crippen LogP) is 6.57. The fraction of sp³-hybridized carbons (Fsp3) is 0.0645. The van der Waals surface area contributed by atoms with E-state index >= 15 is 0 Å². The third-order valence-electron chi connectivity index (χ3n) is 6.07. The Bertz CT molecular complexity index is 1670. The van der Waals surface area contributed by atoms with Crippen LogP contribution in [0.3, 0.4) is 0 Å². The second-order valence-corrected chi connectivity index (χ2v) is 8.91. The summed E-state index contributed by atoms with van der Waals surface area (Å²) in [5.74, 6) is 0.345. The van der Waals surface area contributed by atoms with E-state index in [-0.39, 0.29) is 35.5 Å². The fourth-order valence-electron chi connectivity index (χ4n) is 3.94. The summed E-state index contributed by atoms with van der Waals surface area (Å²) in [5.41, 5.74) is 2.33. The molecule has 0 spiro atoms. The number of carbonyl (C=O) groups is 2. The molecule has 0 bridgehead atoms. The molecule has 0 saturated heterocycles. The highest BCUT2D eigenvalue weighted by molar-refractivity contribution is 6.08. The van der Waals surface area contributed by atoms with E-state index in [2.05, 4.69) is 26.0 Å². The third-order valence-corrected chi connectivity index (χ3v) is 6.07. The van der Waals surface area contributed by atoms with Crippen LogP contribution in [0.1, 0.15) is 26.3 Å². The Morgan fingerprint density at radius 2 is 1.37 bits per heavy atom. The number of carbonyl (C=O) groups excluding carboxylic acids is 2. The highest BCUT2D eigenvalue weighted by Crippen LogP contribution is 2.36. The van der Waals surface area contributed by atoms with Crippen LogP contribution in [-0.4, -0.2) is 33.8 Å². The van der Waals surface area contributed by atoms with Gasteiger partial charge >= 0.3 is 0 Å². The first-order chi connectivity index (χ1) is 20.0. The maximum atomic E-state index is 13.3. The van der Waals surface area contributed by atoms with Gasteiger partial charge in [0.05, 0.1) is 19.3 Å². The van der Waals surface area contributed by atoms with E-state index in [0.717, 1.165) is 5.56 Å². The minimum atomic E-state index is -0.401. The molecule has 0 unspecified atom stereocenters. The maximum Gasteiger partial charge on any atom is 0.256 e. The largest absolute Gasteiger partial charge is 0.508 e. The number of azo groups is 1. The van der Waals surface area contributed by atoms with Gasteiger partial charge in [0.25, 0.3) is 11.8 Å². The molecule has 0 aliphatic carbocycles. The molecule has 0 atom stereocenters. The number of phenolic OH excluding ortho intramolecular Hbond substituents is 1. The number of nitrogens with zero attached hydrogens (tertiary/aromatic N) is 4. The number of amides is 2. The molecule has 0 aliphatic rings. The van der Waals surface area contributed by atoms with Gasteiger partial charge in [-0.3, -0.25) is 9.59 Å². The minimum Gasteiger partial charge on any atom is -0.508 e. The number of phenols is 1. The molecule has 3 N–H and O–H groups in total. The van der Waals surface area contributed by atoms with Crippen LogP contribution in [-0.2, 0) is 6.54 Å². The Morgan fingerprint density at radius 3 is 1.95 bits per heavy atom. The Labute approximate surface area is 236 Å². The van der Waals surface area contributed by atoms with Gasteiger partial charge < -0.3 is 20.5 Å². The lowest BCUT2D eigenvalue weighted by atomic mass is 10.2. The molecule has 1 heterocycles. The number of rotatable bonds is 9. The van der Waals surface area contributed by atoms with Gasteiger partial charge in [0.15, 0.2) is 17.3 Å². The monoisotopic (exact) mass is 546 g/mol. The highest BCUT2D eigenvalue weighted by Gasteiger charge is 2.23. The molecule has 5 aromatic rings. The summed E-state index contributed by atoms with van der Waals surface area (Å²) in [5, 5.41) is 28.7. The van der Waals surface area contributed by atoms with Gasteiger partial charge in [0.1, 0.15) is 11.5 Å². The van der Waals surface area contributed by atoms with Crippen molar-refractivity contribution in [1.82, 2.24) is 9.78 Å². The molecule has 4 aromatic carbocycles. The van der Waals surface area contributed by atoms with Crippen molar-refractivity contribution >= 4 is 34.8 Å². The number of hydrogen-bond acceptors (Lipinski definition) is 7. The van der Waals surface area contributed by atoms with Gasteiger partial charge in [-0.1, -0.05) is 48.5 Å². The molecular formula is C31H26N6O4. The van der Waals surface area contributed by atoms with E-state index in [1.165, 1.54) is 12.1 Å². The molecule has 0 radical (unpaired) electrons. The molecule has 5 rings (SSSR count). The lowest BCUT2D eigenvalue weighted by Gasteiger charge is -2.10. The van der Waals surface area contributed by atoms with Crippen molar-refractivity contribution in [3.63, 3.8) is 0 Å². The summed E-state index contributed by atoms with van der Waals surface area (Å²) in [6, 6.07) is 31.0. The van der Waals surface area contributed by atoms with Crippen LogP contribution >= 0.6 is 0 Å². The van der Waals surface area contributed by atoms with Gasteiger partial charge in [-0.2, -0.15) is 10.2 Å². The normalized spacial score (nSPS) is 10.9. The van der Waals surface area contributed by atoms with Gasteiger partial charge in [-0.25, -0.2) is 4.68 Å². The highest BCUT2D eigenvalue weighted by atomic mass is 16.5. The number of anilines is 2. The van der Waals surface area contributed by atoms with Crippen molar-refractivity contribution < 1.29 is 19.4 Å². The van der Waals surface area contributed by atoms with E-state index < -0.39 is 5.91 Å². The Kier molecular flexibility index (Phi) is 8.11. The SMILES string of the molecule is COc1ccc(Cn2nc(NC(=O)c3ccccc3)c(N=Nc3ccc(O)cc3)c2NC(=O)c2ccccc2)cc1. The van der Waals surface area contributed by atoms with Crippen LogP contribution in [0.5, 0.6) is 11.5 Å². The van der Waals surface area contributed by atoms with Gasteiger partial charge in [0, 0.05) is 11.1 Å². The summed E-state index contributed by atoms with van der Waals surface area (Å²) in [6.07, 6.45) is 0. The number of aromatic hydroxyl groups is 1. The molecule has 41 heavy (non-hydrogen) atoms. The molecular weight excluding hydrogens is 520 g/mol. The van der Waals surface area contributed by atoms with Crippen LogP contribution in [0, 0.1) is 0 Å². The van der Waals surface area contributed by atoms with E-state index in [0.29, 0.717) is 22.6 Å². The average molecular weight is 547 g/mol. The summed E-state index contributed by atoms with van der Waals surface area (Å²) >= 11 is 0. The molecule has 10 heteroatoms. The van der Waals surface area contributed by atoms with Crippen molar-refractivity contribution in [2.45, 2.75) is 6.54 Å². The van der Waals surface area contributed by atoms with Crippen molar-refractivity contribution in [2.24, 2.45) is 10.2 Å². The Balaban J connectivity index is 1.59. The number of aromatic nitrogens is 2.